The van der Waals surface area contributed by atoms with Crippen LogP contribution in [0.2, 0.25) is 0 Å². The lowest BCUT2D eigenvalue weighted by atomic mass is 10.1. The minimum absolute atomic E-state index is 0.525. The van der Waals surface area contributed by atoms with Gasteiger partial charge >= 0.3 is 0 Å². The molecule has 0 saturated heterocycles. The zero-order valence-electron chi connectivity index (χ0n) is 11.2. The van der Waals surface area contributed by atoms with E-state index in [1.807, 2.05) is 6.07 Å². The third kappa shape index (κ3) is 2.93. The third-order valence-corrected chi connectivity index (χ3v) is 2.98. The average Bonchev–Trinajstić information content (AvgIpc) is 2.75. The molecule has 3 heteroatoms. The minimum Gasteiger partial charge on any atom is -0.467 e. The molecular weight excluding hydrogens is 224 g/mol. The standard InChI is InChI=1S/C15H20N2O/c1-11-4-12(2)6-14(5-11)17(3)9-15-7-13(8-16)10-18-15/h4-7,10H,8-9,16H2,1-3H3. The summed E-state index contributed by atoms with van der Waals surface area (Å²) < 4.78 is 5.49. The molecule has 96 valence electrons. The Kier molecular flexibility index (Phi) is 3.72. The molecule has 2 aromatic rings. The molecule has 0 bridgehead atoms. The fourth-order valence-electron chi connectivity index (χ4n) is 2.11. The molecule has 18 heavy (non-hydrogen) atoms. The van der Waals surface area contributed by atoms with Crippen LogP contribution in [0.3, 0.4) is 0 Å². The molecule has 0 unspecified atom stereocenters. The highest BCUT2D eigenvalue weighted by atomic mass is 16.3. The first-order chi connectivity index (χ1) is 8.58. The van der Waals surface area contributed by atoms with Crippen LogP contribution in [0, 0.1) is 13.8 Å². The third-order valence-electron chi connectivity index (χ3n) is 2.98. The molecule has 0 aliphatic rings. The quantitative estimate of drug-likeness (QED) is 0.899. The predicted molar refractivity (Wildman–Crippen MR) is 74.6 cm³/mol. The SMILES string of the molecule is Cc1cc(C)cc(N(C)Cc2cc(CN)co2)c1. The number of nitrogens with zero attached hydrogens (tertiary/aromatic N) is 1. The zero-order chi connectivity index (χ0) is 13.1. The fourth-order valence-corrected chi connectivity index (χ4v) is 2.11. The summed E-state index contributed by atoms with van der Waals surface area (Å²) >= 11 is 0. The number of nitrogens with two attached hydrogens (primary N) is 1. The van der Waals surface area contributed by atoms with E-state index < -0.39 is 0 Å². The summed E-state index contributed by atoms with van der Waals surface area (Å²) in [5.41, 5.74) is 10.4. The van der Waals surface area contributed by atoms with Crippen LogP contribution in [0.5, 0.6) is 0 Å². The van der Waals surface area contributed by atoms with E-state index in [0.717, 1.165) is 17.9 Å². The van der Waals surface area contributed by atoms with Crippen molar-refractivity contribution in [1.82, 2.24) is 0 Å². The van der Waals surface area contributed by atoms with Gasteiger partial charge in [-0.25, -0.2) is 0 Å². The van der Waals surface area contributed by atoms with Crippen molar-refractivity contribution in [3.63, 3.8) is 0 Å². The highest BCUT2D eigenvalue weighted by Crippen LogP contribution is 2.20. The average molecular weight is 244 g/mol. The van der Waals surface area contributed by atoms with Crippen molar-refractivity contribution in [2.24, 2.45) is 5.73 Å². The maximum Gasteiger partial charge on any atom is 0.123 e. The van der Waals surface area contributed by atoms with Gasteiger partial charge in [-0.1, -0.05) is 6.07 Å². The summed E-state index contributed by atoms with van der Waals surface area (Å²) in [5.74, 6) is 0.942. The monoisotopic (exact) mass is 244 g/mol. The van der Waals surface area contributed by atoms with Gasteiger partial charge in [0, 0.05) is 24.8 Å². The Labute approximate surface area is 108 Å². The van der Waals surface area contributed by atoms with Gasteiger partial charge in [-0.2, -0.15) is 0 Å². The van der Waals surface area contributed by atoms with Crippen molar-refractivity contribution in [2.75, 3.05) is 11.9 Å². The molecule has 2 N–H and O–H groups in total. The topological polar surface area (TPSA) is 42.4 Å². The van der Waals surface area contributed by atoms with Crippen molar-refractivity contribution in [3.8, 4) is 0 Å². The molecule has 0 fully saturated rings. The Hall–Kier alpha value is -1.74. The first-order valence-corrected chi connectivity index (χ1v) is 6.14. The van der Waals surface area contributed by atoms with Crippen LogP contribution in [-0.2, 0) is 13.1 Å². The maximum absolute atomic E-state index is 5.57. The van der Waals surface area contributed by atoms with E-state index >= 15 is 0 Å². The minimum atomic E-state index is 0.525. The lowest BCUT2D eigenvalue weighted by Crippen LogP contribution is -2.16. The van der Waals surface area contributed by atoms with Crippen LogP contribution in [0.25, 0.3) is 0 Å². The van der Waals surface area contributed by atoms with Gasteiger partial charge in [0.25, 0.3) is 0 Å². The highest BCUT2D eigenvalue weighted by molar-refractivity contribution is 5.50. The summed E-state index contributed by atoms with van der Waals surface area (Å²) in [7, 11) is 2.07. The Morgan fingerprint density at radius 1 is 1.11 bits per heavy atom. The molecule has 0 amide bonds. The normalized spacial score (nSPS) is 10.7. The molecule has 3 nitrogen and oxygen atoms in total. The maximum atomic E-state index is 5.57. The van der Waals surface area contributed by atoms with Gasteiger partial charge in [0.2, 0.25) is 0 Å². The Morgan fingerprint density at radius 3 is 2.33 bits per heavy atom. The molecule has 0 spiro atoms. The summed E-state index contributed by atoms with van der Waals surface area (Å²) in [5, 5.41) is 0. The van der Waals surface area contributed by atoms with Crippen LogP contribution in [0.1, 0.15) is 22.5 Å². The number of rotatable bonds is 4. The van der Waals surface area contributed by atoms with Gasteiger partial charge in [0.05, 0.1) is 12.8 Å². The first-order valence-electron chi connectivity index (χ1n) is 6.14. The lowest BCUT2D eigenvalue weighted by Gasteiger charge is -2.19. The summed E-state index contributed by atoms with van der Waals surface area (Å²) in [6.45, 7) is 5.51. The van der Waals surface area contributed by atoms with Crippen molar-refractivity contribution in [3.05, 3.63) is 53.0 Å². The number of furan rings is 1. The smallest absolute Gasteiger partial charge is 0.123 e. The highest BCUT2D eigenvalue weighted by Gasteiger charge is 2.07. The second kappa shape index (κ2) is 5.27. The predicted octanol–water partition coefficient (Wildman–Crippen LogP) is 2.99. The summed E-state index contributed by atoms with van der Waals surface area (Å²) in [6, 6.07) is 8.55. The second-order valence-electron chi connectivity index (χ2n) is 4.83. The molecule has 1 aromatic carbocycles. The van der Waals surface area contributed by atoms with Gasteiger partial charge < -0.3 is 15.1 Å². The van der Waals surface area contributed by atoms with Gasteiger partial charge in [-0.05, 0) is 43.2 Å². The van der Waals surface area contributed by atoms with Crippen molar-refractivity contribution in [1.29, 1.82) is 0 Å². The molecule has 2 rings (SSSR count). The zero-order valence-corrected chi connectivity index (χ0v) is 11.2. The molecule has 0 saturated carbocycles. The van der Waals surface area contributed by atoms with E-state index in [0.29, 0.717) is 6.54 Å². The molecule has 0 aliphatic heterocycles. The molecule has 0 aliphatic carbocycles. The largest absolute Gasteiger partial charge is 0.467 e. The number of aryl methyl sites for hydroxylation is 2. The van der Waals surface area contributed by atoms with E-state index in [1.54, 1.807) is 6.26 Å². The van der Waals surface area contributed by atoms with Crippen molar-refractivity contribution >= 4 is 5.69 Å². The van der Waals surface area contributed by atoms with Gasteiger partial charge in [-0.3, -0.25) is 0 Å². The fraction of sp³-hybridized carbons (Fsp3) is 0.333. The number of hydrogen-bond acceptors (Lipinski definition) is 3. The summed E-state index contributed by atoms with van der Waals surface area (Å²) in [6.07, 6.45) is 1.73. The number of hydrogen-bond donors (Lipinski definition) is 1. The second-order valence-corrected chi connectivity index (χ2v) is 4.83. The van der Waals surface area contributed by atoms with E-state index in [9.17, 15) is 0 Å². The molecular formula is C15H20N2O. The molecule has 1 heterocycles. The van der Waals surface area contributed by atoms with E-state index in [2.05, 4.69) is 44.0 Å². The van der Waals surface area contributed by atoms with E-state index in [-0.39, 0.29) is 0 Å². The van der Waals surface area contributed by atoms with Gasteiger partial charge in [-0.15, -0.1) is 0 Å². The Bertz CT molecular complexity index is 511. The van der Waals surface area contributed by atoms with E-state index in [4.69, 9.17) is 10.2 Å². The summed E-state index contributed by atoms with van der Waals surface area (Å²) in [4.78, 5) is 2.18. The van der Waals surface area contributed by atoms with Crippen LogP contribution in [-0.4, -0.2) is 7.05 Å². The molecule has 0 atom stereocenters. The lowest BCUT2D eigenvalue weighted by molar-refractivity contribution is 0.506. The van der Waals surface area contributed by atoms with Crippen molar-refractivity contribution < 1.29 is 4.42 Å². The Balaban J connectivity index is 2.13. The van der Waals surface area contributed by atoms with Crippen LogP contribution >= 0.6 is 0 Å². The van der Waals surface area contributed by atoms with Gasteiger partial charge in [0.15, 0.2) is 0 Å². The van der Waals surface area contributed by atoms with Crippen LogP contribution < -0.4 is 10.6 Å². The Morgan fingerprint density at radius 2 is 1.78 bits per heavy atom. The van der Waals surface area contributed by atoms with Gasteiger partial charge in [0.1, 0.15) is 5.76 Å². The molecule has 0 radical (unpaired) electrons. The van der Waals surface area contributed by atoms with Crippen LogP contribution in [0.15, 0.2) is 34.9 Å². The molecule has 1 aromatic heterocycles. The first kappa shape index (κ1) is 12.7. The van der Waals surface area contributed by atoms with Crippen LogP contribution in [0.4, 0.5) is 5.69 Å². The van der Waals surface area contributed by atoms with E-state index in [1.165, 1.54) is 16.8 Å². The number of anilines is 1. The number of benzene rings is 1. The van der Waals surface area contributed by atoms with Crippen molar-refractivity contribution in [2.45, 2.75) is 26.9 Å².